The molecule has 0 aliphatic heterocycles. The molecule has 0 spiro atoms. The number of rotatable bonds is 5. The summed E-state index contributed by atoms with van der Waals surface area (Å²) in [6.45, 7) is 0.120. The molecule has 0 aromatic heterocycles. The predicted molar refractivity (Wildman–Crippen MR) is 102 cm³/mol. The zero-order valence-electron chi connectivity index (χ0n) is 15.7. The smallest absolute Gasteiger partial charge is 0.331 e. The minimum absolute atomic E-state index is 0.00377. The molecule has 27 heavy (non-hydrogen) atoms. The number of halogens is 1. The van der Waals surface area contributed by atoms with E-state index in [0.29, 0.717) is 0 Å². The van der Waals surface area contributed by atoms with E-state index >= 15 is 0 Å². The maximum Gasteiger partial charge on any atom is 0.331 e. The first-order valence-corrected chi connectivity index (χ1v) is 11.5. The Morgan fingerprint density at radius 2 is 1.59 bits per heavy atom. The summed E-state index contributed by atoms with van der Waals surface area (Å²) in [4.78, 5) is 12.5. The fourth-order valence-corrected chi connectivity index (χ4v) is 5.64. The monoisotopic (exact) mass is 396 g/mol. The third kappa shape index (κ3) is 5.00. The molecule has 5 nitrogen and oxygen atoms in total. The Kier molecular flexibility index (Phi) is 6.73. The van der Waals surface area contributed by atoms with Crippen molar-refractivity contribution in [2.24, 2.45) is 5.92 Å². The third-order valence-corrected chi connectivity index (χ3v) is 7.49. The summed E-state index contributed by atoms with van der Waals surface area (Å²) in [7, 11) is -4.23. The van der Waals surface area contributed by atoms with E-state index in [-0.39, 0.29) is 18.5 Å². The van der Waals surface area contributed by atoms with Crippen molar-refractivity contribution in [2.75, 3.05) is 6.54 Å². The number of urea groups is 1. The SMILES string of the molecule is O=C(NC1CCCCC1)N(CC1CCCCC1)S(=O)(=O)c1ccccc1F. The Labute approximate surface area is 161 Å². The summed E-state index contributed by atoms with van der Waals surface area (Å²) in [5.74, 6) is -0.686. The molecule has 0 heterocycles. The molecule has 150 valence electrons. The van der Waals surface area contributed by atoms with Gasteiger partial charge in [-0.15, -0.1) is 0 Å². The van der Waals surface area contributed by atoms with Crippen molar-refractivity contribution in [3.05, 3.63) is 30.1 Å². The predicted octanol–water partition coefficient (Wildman–Crippen LogP) is 4.44. The summed E-state index contributed by atoms with van der Waals surface area (Å²) in [5, 5.41) is 2.89. The van der Waals surface area contributed by atoms with Crippen molar-refractivity contribution in [3.63, 3.8) is 0 Å². The standard InChI is InChI=1S/C20H29FN2O3S/c21-18-13-7-8-14-19(18)27(25,26)23(15-16-9-3-1-4-10-16)20(24)22-17-11-5-2-6-12-17/h7-8,13-14,16-17H,1-6,9-12,15H2,(H,22,24). The summed E-state index contributed by atoms with van der Waals surface area (Å²) >= 11 is 0. The van der Waals surface area contributed by atoms with Gasteiger partial charge in [-0.05, 0) is 43.7 Å². The lowest BCUT2D eigenvalue weighted by Crippen LogP contribution is -2.49. The van der Waals surface area contributed by atoms with E-state index in [1.807, 2.05) is 0 Å². The molecule has 0 bridgehead atoms. The van der Waals surface area contributed by atoms with Crippen LogP contribution in [-0.2, 0) is 10.0 Å². The van der Waals surface area contributed by atoms with Gasteiger partial charge in [-0.2, -0.15) is 0 Å². The van der Waals surface area contributed by atoms with Gasteiger partial charge >= 0.3 is 6.03 Å². The minimum Gasteiger partial charge on any atom is -0.334 e. The molecule has 0 radical (unpaired) electrons. The second kappa shape index (κ2) is 9.04. The van der Waals surface area contributed by atoms with Gasteiger partial charge in [0.05, 0.1) is 0 Å². The molecule has 1 N–H and O–H groups in total. The first kappa shape index (κ1) is 20.1. The molecule has 2 saturated carbocycles. The Morgan fingerprint density at radius 3 is 2.22 bits per heavy atom. The Balaban J connectivity index is 1.83. The quantitative estimate of drug-likeness (QED) is 0.800. The number of nitrogens with zero attached hydrogens (tertiary/aromatic N) is 1. The number of carbonyl (C=O) groups excluding carboxylic acids is 1. The Morgan fingerprint density at radius 1 is 1.00 bits per heavy atom. The van der Waals surface area contributed by atoms with Crippen LogP contribution in [0.2, 0.25) is 0 Å². The van der Waals surface area contributed by atoms with Crippen molar-refractivity contribution in [1.29, 1.82) is 0 Å². The highest BCUT2D eigenvalue weighted by Gasteiger charge is 2.34. The van der Waals surface area contributed by atoms with E-state index in [0.717, 1.165) is 74.6 Å². The lowest BCUT2D eigenvalue weighted by atomic mass is 9.89. The molecule has 1 aromatic rings. The van der Waals surface area contributed by atoms with Crippen LogP contribution in [0.3, 0.4) is 0 Å². The van der Waals surface area contributed by atoms with Crippen molar-refractivity contribution >= 4 is 16.1 Å². The lowest BCUT2D eigenvalue weighted by Gasteiger charge is -2.31. The van der Waals surface area contributed by atoms with Gasteiger partial charge in [0.25, 0.3) is 10.0 Å². The van der Waals surface area contributed by atoms with E-state index in [1.165, 1.54) is 18.2 Å². The molecule has 2 aliphatic carbocycles. The van der Waals surface area contributed by atoms with Crippen LogP contribution >= 0.6 is 0 Å². The van der Waals surface area contributed by atoms with Gasteiger partial charge in [0, 0.05) is 12.6 Å². The van der Waals surface area contributed by atoms with E-state index in [1.54, 1.807) is 0 Å². The van der Waals surface area contributed by atoms with Crippen LogP contribution in [0.4, 0.5) is 9.18 Å². The summed E-state index contributed by atoms with van der Waals surface area (Å²) in [6, 6.07) is 4.65. The van der Waals surface area contributed by atoms with E-state index in [4.69, 9.17) is 0 Å². The number of amides is 2. The van der Waals surface area contributed by atoms with Gasteiger partial charge in [-0.3, -0.25) is 0 Å². The van der Waals surface area contributed by atoms with Gasteiger partial charge < -0.3 is 5.32 Å². The second-order valence-corrected chi connectivity index (χ2v) is 9.59. The fraction of sp³-hybridized carbons (Fsp3) is 0.650. The molecular weight excluding hydrogens is 367 g/mol. The van der Waals surface area contributed by atoms with Crippen LogP contribution in [0.1, 0.15) is 64.2 Å². The Hall–Kier alpha value is -1.63. The normalized spacial score (nSPS) is 19.6. The first-order chi connectivity index (χ1) is 13.0. The molecule has 2 fully saturated rings. The number of hydrogen-bond donors (Lipinski definition) is 1. The zero-order valence-corrected chi connectivity index (χ0v) is 16.5. The van der Waals surface area contributed by atoms with Crippen LogP contribution < -0.4 is 5.32 Å². The third-order valence-electron chi connectivity index (χ3n) is 5.71. The fourth-order valence-electron chi connectivity index (χ4n) is 4.16. The molecular formula is C20H29FN2O3S. The van der Waals surface area contributed by atoms with Gasteiger partial charge in [-0.25, -0.2) is 21.9 Å². The maximum atomic E-state index is 14.2. The highest BCUT2D eigenvalue weighted by atomic mass is 32.2. The highest BCUT2D eigenvalue weighted by molar-refractivity contribution is 7.89. The van der Waals surface area contributed by atoms with Gasteiger partial charge in [0.15, 0.2) is 0 Å². The van der Waals surface area contributed by atoms with E-state index < -0.39 is 26.8 Å². The highest BCUT2D eigenvalue weighted by Crippen LogP contribution is 2.28. The molecule has 2 amide bonds. The average Bonchev–Trinajstić information content (AvgIpc) is 2.67. The van der Waals surface area contributed by atoms with Crippen LogP contribution in [0.25, 0.3) is 0 Å². The maximum absolute atomic E-state index is 14.2. The summed E-state index contributed by atoms with van der Waals surface area (Å²) in [6.07, 6.45) is 9.98. The summed E-state index contributed by atoms with van der Waals surface area (Å²) < 4.78 is 41.4. The van der Waals surface area contributed by atoms with Crippen molar-refractivity contribution in [2.45, 2.75) is 75.1 Å². The number of nitrogens with one attached hydrogen (secondary N) is 1. The second-order valence-electron chi connectivity index (χ2n) is 7.76. The van der Waals surface area contributed by atoms with Crippen LogP contribution in [0.15, 0.2) is 29.2 Å². The number of benzene rings is 1. The van der Waals surface area contributed by atoms with Gasteiger partial charge in [0.2, 0.25) is 0 Å². The molecule has 0 atom stereocenters. The molecule has 0 saturated heterocycles. The van der Waals surface area contributed by atoms with Gasteiger partial charge in [0.1, 0.15) is 10.7 Å². The Bertz CT molecular complexity index is 741. The van der Waals surface area contributed by atoms with E-state index in [9.17, 15) is 17.6 Å². The largest absolute Gasteiger partial charge is 0.334 e. The minimum atomic E-state index is -4.23. The first-order valence-electron chi connectivity index (χ1n) is 10.1. The number of carbonyl (C=O) groups is 1. The van der Waals surface area contributed by atoms with Gasteiger partial charge in [-0.1, -0.05) is 50.7 Å². The van der Waals surface area contributed by atoms with Crippen LogP contribution in [0.5, 0.6) is 0 Å². The molecule has 7 heteroatoms. The summed E-state index contributed by atoms with van der Waals surface area (Å²) in [5.41, 5.74) is 0. The zero-order chi connectivity index (χ0) is 19.3. The lowest BCUT2D eigenvalue weighted by molar-refractivity contribution is 0.203. The van der Waals surface area contributed by atoms with Crippen LogP contribution in [0, 0.1) is 11.7 Å². The molecule has 3 rings (SSSR count). The van der Waals surface area contributed by atoms with Crippen LogP contribution in [-0.4, -0.2) is 31.3 Å². The number of sulfonamides is 1. The molecule has 0 unspecified atom stereocenters. The van der Waals surface area contributed by atoms with E-state index in [2.05, 4.69) is 5.32 Å². The van der Waals surface area contributed by atoms with Crippen molar-refractivity contribution in [1.82, 2.24) is 9.62 Å². The molecule has 1 aromatic carbocycles. The van der Waals surface area contributed by atoms with Crippen molar-refractivity contribution in [3.8, 4) is 0 Å². The topological polar surface area (TPSA) is 66.5 Å². The van der Waals surface area contributed by atoms with Crippen molar-refractivity contribution < 1.29 is 17.6 Å². The molecule has 2 aliphatic rings. The number of hydrogen-bond acceptors (Lipinski definition) is 3. The average molecular weight is 397 g/mol.